The molecule has 6 nitrogen and oxygen atoms in total. The Morgan fingerprint density at radius 1 is 1.47 bits per heavy atom. The van der Waals surface area contributed by atoms with E-state index in [0.29, 0.717) is 19.6 Å². The van der Waals surface area contributed by atoms with E-state index < -0.39 is 11.9 Å². The number of nitrogens with one attached hydrogen (secondary N) is 1. The first kappa shape index (κ1) is 13.9. The number of rotatable bonds is 6. The molecule has 1 heterocycles. The summed E-state index contributed by atoms with van der Waals surface area (Å²) in [4.78, 5) is 24.0. The summed E-state index contributed by atoms with van der Waals surface area (Å²) in [5.74, 6) is -1.26. The van der Waals surface area contributed by atoms with Crippen LogP contribution < -0.4 is 5.32 Å². The van der Waals surface area contributed by atoms with Crippen molar-refractivity contribution < 1.29 is 19.4 Å². The lowest BCUT2D eigenvalue weighted by Crippen LogP contribution is -2.41. The van der Waals surface area contributed by atoms with Crippen molar-refractivity contribution in [2.24, 2.45) is 5.92 Å². The highest BCUT2D eigenvalue weighted by Crippen LogP contribution is 2.19. The molecule has 0 radical (unpaired) electrons. The molecule has 1 rings (SSSR count). The number of amides is 1. The second-order valence-electron chi connectivity index (χ2n) is 4.31. The van der Waals surface area contributed by atoms with E-state index in [2.05, 4.69) is 5.32 Å². The standard InChI is InChI=1S/C11H20N2O4/c1-12-10(14)4-3-5-13(2)9-7-17-6-8(9)11(15)16/h8-9H,3-7H2,1-2H3,(H,12,14)(H,15,16). The predicted octanol–water partition coefficient (Wildman–Crippen LogP) is -0.456. The minimum Gasteiger partial charge on any atom is -0.481 e. The van der Waals surface area contributed by atoms with E-state index in [1.807, 2.05) is 11.9 Å². The number of carbonyl (C=O) groups excluding carboxylic acids is 1. The molecule has 1 fully saturated rings. The molecule has 0 bridgehead atoms. The lowest BCUT2D eigenvalue weighted by atomic mass is 10.0. The van der Waals surface area contributed by atoms with Crippen molar-refractivity contribution in [1.29, 1.82) is 0 Å². The van der Waals surface area contributed by atoms with Crippen molar-refractivity contribution in [2.75, 3.05) is 33.9 Å². The van der Waals surface area contributed by atoms with Crippen LogP contribution in [0, 0.1) is 5.92 Å². The van der Waals surface area contributed by atoms with E-state index >= 15 is 0 Å². The van der Waals surface area contributed by atoms with Gasteiger partial charge in [-0.1, -0.05) is 0 Å². The van der Waals surface area contributed by atoms with Gasteiger partial charge in [-0.2, -0.15) is 0 Å². The van der Waals surface area contributed by atoms with E-state index in [1.54, 1.807) is 7.05 Å². The second kappa shape index (κ2) is 6.56. The van der Waals surface area contributed by atoms with Crippen molar-refractivity contribution >= 4 is 11.9 Å². The zero-order valence-corrected chi connectivity index (χ0v) is 10.3. The Labute approximate surface area is 101 Å². The van der Waals surface area contributed by atoms with Crippen molar-refractivity contribution in [3.63, 3.8) is 0 Å². The van der Waals surface area contributed by atoms with Gasteiger partial charge >= 0.3 is 5.97 Å². The summed E-state index contributed by atoms with van der Waals surface area (Å²) >= 11 is 0. The van der Waals surface area contributed by atoms with Crippen LogP contribution in [0.3, 0.4) is 0 Å². The number of aliphatic carboxylic acids is 1. The third-order valence-electron chi connectivity index (χ3n) is 3.13. The van der Waals surface area contributed by atoms with Crippen molar-refractivity contribution in [3.8, 4) is 0 Å². The summed E-state index contributed by atoms with van der Waals surface area (Å²) in [5.41, 5.74) is 0. The summed E-state index contributed by atoms with van der Waals surface area (Å²) in [6.07, 6.45) is 1.19. The highest BCUT2D eigenvalue weighted by Gasteiger charge is 2.36. The van der Waals surface area contributed by atoms with Crippen LogP contribution in [0.4, 0.5) is 0 Å². The van der Waals surface area contributed by atoms with Gasteiger partial charge < -0.3 is 20.1 Å². The second-order valence-corrected chi connectivity index (χ2v) is 4.31. The van der Waals surface area contributed by atoms with Gasteiger partial charge in [0.1, 0.15) is 0 Å². The molecule has 17 heavy (non-hydrogen) atoms. The van der Waals surface area contributed by atoms with Crippen LogP contribution in [0.1, 0.15) is 12.8 Å². The molecule has 2 N–H and O–H groups in total. The van der Waals surface area contributed by atoms with E-state index in [9.17, 15) is 9.59 Å². The molecule has 0 aromatic carbocycles. The Balaban J connectivity index is 2.34. The molecular formula is C11H20N2O4. The maximum Gasteiger partial charge on any atom is 0.310 e. The molecular weight excluding hydrogens is 224 g/mol. The maximum atomic E-state index is 11.0. The van der Waals surface area contributed by atoms with Gasteiger partial charge in [0.2, 0.25) is 5.91 Å². The zero-order chi connectivity index (χ0) is 12.8. The smallest absolute Gasteiger partial charge is 0.310 e. The van der Waals surface area contributed by atoms with Crippen LogP contribution in [0.15, 0.2) is 0 Å². The largest absolute Gasteiger partial charge is 0.481 e. The summed E-state index contributed by atoms with van der Waals surface area (Å²) < 4.78 is 5.20. The van der Waals surface area contributed by atoms with Crippen LogP contribution in [-0.4, -0.2) is 61.8 Å². The van der Waals surface area contributed by atoms with Gasteiger partial charge in [-0.05, 0) is 20.0 Å². The number of hydrogen-bond donors (Lipinski definition) is 2. The molecule has 2 atom stereocenters. The minimum atomic E-state index is -0.814. The molecule has 0 saturated carbocycles. The van der Waals surface area contributed by atoms with Crippen LogP contribution in [-0.2, 0) is 14.3 Å². The molecule has 1 amide bonds. The molecule has 1 aliphatic rings. The molecule has 0 aromatic heterocycles. The van der Waals surface area contributed by atoms with Gasteiger partial charge in [0, 0.05) is 19.5 Å². The molecule has 6 heteroatoms. The molecule has 1 saturated heterocycles. The molecule has 0 aromatic rings. The Bertz CT molecular complexity index is 283. The number of carbonyl (C=O) groups is 2. The highest BCUT2D eigenvalue weighted by molar-refractivity contribution is 5.75. The lowest BCUT2D eigenvalue weighted by Gasteiger charge is -2.25. The van der Waals surface area contributed by atoms with E-state index in [4.69, 9.17) is 9.84 Å². The number of hydrogen-bond acceptors (Lipinski definition) is 4. The number of ether oxygens (including phenoxy) is 1. The number of likely N-dealkylation sites (N-methyl/N-ethyl adjacent to an activating group) is 1. The highest BCUT2D eigenvalue weighted by atomic mass is 16.5. The Kier molecular flexibility index (Phi) is 5.37. The zero-order valence-electron chi connectivity index (χ0n) is 10.3. The molecule has 0 aliphatic carbocycles. The number of nitrogens with zero attached hydrogens (tertiary/aromatic N) is 1. The van der Waals surface area contributed by atoms with Gasteiger partial charge in [0.15, 0.2) is 0 Å². The van der Waals surface area contributed by atoms with Crippen molar-refractivity contribution in [1.82, 2.24) is 10.2 Å². The van der Waals surface area contributed by atoms with Gasteiger partial charge in [-0.25, -0.2) is 0 Å². The molecule has 98 valence electrons. The van der Waals surface area contributed by atoms with Crippen molar-refractivity contribution in [2.45, 2.75) is 18.9 Å². The summed E-state index contributed by atoms with van der Waals surface area (Å²) in [7, 11) is 3.48. The number of carboxylic acids is 1. The van der Waals surface area contributed by atoms with Crippen LogP contribution in [0.25, 0.3) is 0 Å². The quantitative estimate of drug-likeness (QED) is 0.661. The van der Waals surface area contributed by atoms with E-state index in [-0.39, 0.29) is 18.6 Å². The van der Waals surface area contributed by atoms with E-state index in [1.165, 1.54) is 0 Å². The van der Waals surface area contributed by atoms with Crippen molar-refractivity contribution in [3.05, 3.63) is 0 Å². The first-order chi connectivity index (χ1) is 8.06. The fourth-order valence-corrected chi connectivity index (χ4v) is 1.99. The Morgan fingerprint density at radius 3 is 2.76 bits per heavy atom. The summed E-state index contributed by atoms with van der Waals surface area (Å²) in [6.45, 7) is 1.43. The third kappa shape index (κ3) is 3.98. The Morgan fingerprint density at radius 2 is 2.18 bits per heavy atom. The van der Waals surface area contributed by atoms with Gasteiger partial charge in [0.25, 0.3) is 0 Å². The van der Waals surface area contributed by atoms with Crippen LogP contribution >= 0.6 is 0 Å². The normalized spacial score (nSPS) is 23.9. The van der Waals surface area contributed by atoms with Gasteiger partial charge in [0.05, 0.1) is 19.1 Å². The average Bonchev–Trinajstić information content (AvgIpc) is 2.77. The first-order valence-corrected chi connectivity index (χ1v) is 5.77. The number of carboxylic acid groups (broad SMARTS) is 1. The van der Waals surface area contributed by atoms with E-state index in [0.717, 1.165) is 6.42 Å². The fraction of sp³-hybridized carbons (Fsp3) is 0.818. The molecule has 1 aliphatic heterocycles. The summed E-state index contributed by atoms with van der Waals surface area (Å²) in [6, 6.07) is -0.0859. The Hall–Kier alpha value is -1.14. The molecule has 2 unspecified atom stereocenters. The minimum absolute atomic E-state index is 0.0101. The summed E-state index contributed by atoms with van der Waals surface area (Å²) in [5, 5.41) is 11.6. The monoisotopic (exact) mass is 244 g/mol. The SMILES string of the molecule is CNC(=O)CCCN(C)C1COCC1C(=O)O. The van der Waals surface area contributed by atoms with Gasteiger partial charge in [-0.3, -0.25) is 9.59 Å². The topological polar surface area (TPSA) is 78.9 Å². The van der Waals surface area contributed by atoms with Crippen LogP contribution in [0.5, 0.6) is 0 Å². The maximum absolute atomic E-state index is 11.0. The molecule has 0 spiro atoms. The first-order valence-electron chi connectivity index (χ1n) is 5.77. The predicted molar refractivity (Wildman–Crippen MR) is 61.7 cm³/mol. The average molecular weight is 244 g/mol. The van der Waals surface area contributed by atoms with Crippen LogP contribution in [0.2, 0.25) is 0 Å². The fourth-order valence-electron chi connectivity index (χ4n) is 1.99. The lowest BCUT2D eigenvalue weighted by molar-refractivity contribution is -0.143. The van der Waals surface area contributed by atoms with Gasteiger partial charge in [-0.15, -0.1) is 0 Å². The third-order valence-corrected chi connectivity index (χ3v) is 3.13.